The molecule has 0 aliphatic heterocycles. The van der Waals surface area contributed by atoms with Gasteiger partial charge in [0.15, 0.2) is 0 Å². The Bertz CT molecular complexity index is 392. The number of carbonyl (C=O) groups excluding carboxylic acids is 1. The van der Waals surface area contributed by atoms with Crippen molar-refractivity contribution < 1.29 is 18.0 Å². The molecule has 0 saturated heterocycles. The Morgan fingerprint density at radius 2 is 2.00 bits per heavy atom. The quantitative estimate of drug-likeness (QED) is 0.558. The van der Waals surface area contributed by atoms with Crippen LogP contribution in [0.2, 0.25) is 0 Å². The minimum absolute atomic E-state index is 0.0943. The average molecular weight is 201 g/mol. The second kappa shape index (κ2) is 3.55. The zero-order valence-corrected chi connectivity index (χ0v) is 6.93. The summed E-state index contributed by atoms with van der Waals surface area (Å²) >= 11 is 0. The highest BCUT2D eigenvalue weighted by Gasteiger charge is 2.30. The Labute approximate surface area is 77.8 Å². The summed E-state index contributed by atoms with van der Waals surface area (Å²) in [6, 6.07) is 2.77. The van der Waals surface area contributed by atoms with Gasteiger partial charge in [-0.2, -0.15) is 13.2 Å². The number of nitrogen functional groups attached to an aromatic ring is 1. The van der Waals surface area contributed by atoms with Gasteiger partial charge in [-0.1, -0.05) is 6.07 Å². The average Bonchev–Trinajstić information content (AvgIpc) is 2.07. The fourth-order valence-electron chi connectivity index (χ4n) is 0.946. The van der Waals surface area contributed by atoms with Crippen LogP contribution in [0.1, 0.15) is 11.1 Å². The molecular weight excluding hydrogens is 195 g/mol. The molecule has 0 amide bonds. The fraction of sp³-hybridized carbons (Fsp3) is 0.111. The summed E-state index contributed by atoms with van der Waals surface area (Å²) in [5.74, 6) is 1.45. The van der Waals surface area contributed by atoms with Crippen LogP contribution < -0.4 is 5.73 Å². The standard InChI is InChI=1S/C9H6F3NO/c10-9(11,12)7-2-1-6(3-4-14)8(13)5-7/h1-3,5H,13H2. The normalized spacial score (nSPS) is 10.8. The van der Waals surface area contributed by atoms with Crippen molar-refractivity contribution in [3.05, 3.63) is 29.3 Å². The van der Waals surface area contributed by atoms with E-state index in [1.165, 1.54) is 5.94 Å². The lowest BCUT2D eigenvalue weighted by molar-refractivity contribution is -0.137. The molecule has 0 aromatic heterocycles. The minimum Gasteiger partial charge on any atom is -0.398 e. The number of benzene rings is 1. The number of anilines is 1. The highest BCUT2D eigenvalue weighted by molar-refractivity contribution is 5.80. The smallest absolute Gasteiger partial charge is 0.398 e. The van der Waals surface area contributed by atoms with Crippen LogP contribution in [0, 0.1) is 0 Å². The molecule has 1 aromatic rings. The summed E-state index contributed by atoms with van der Waals surface area (Å²) < 4.78 is 36.4. The van der Waals surface area contributed by atoms with E-state index in [0.717, 1.165) is 24.3 Å². The number of nitrogens with two attached hydrogens (primary N) is 1. The van der Waals surface area contributed by atoms with Crippen molar-refractivity contribution in [1.82, 2.24) is 0 Å². The van der Waals surface area contributed by atoms with E-state index < -0.39 is 11.7 Å². The molecule has 0 spiro atoms. The third kappa shape index (κ3) is 2.14. The third-order valence-electron chi connectivity index (χ3n) is 1.63. The molecule has 0 radical (unpaired) electrons. The topological polar surface area (TPSA) is 43.1 Å². The van der Waals surface area contributed by atoms with Gasteiger partial charge in [0.2, 0.25) is 0 Å². The molecule has 0 unspecified atom stereocenters. The molecule has 14 heavy (non-hydrogen) atoms. The van der Waals surface area contributed by atoms with Crippen molar-refractivity contribution in [1.29, 1.82) is 0 Å². The van der Waals surface area contributed by atoms with Crippen LogP contribution >= 0.6 is 0 Å². The second-order valence-corrected chi connectivity index (χ2v) is 2.60. The maximum Gasteiger partial charge on any atom is 0.416 e. The number of alkyl halides is 3. The van der Waals surface area contributed by atoms with Gasteiger partial charge in [-0.3, -0.25) is 0 Å². The van der Waals surface area contributed by atoms with E-state index in [1.54, 1.807) is 0 Å². The monoisotopic (exact) mass is 201 g/mol. The molecular formula is C9H6F3NO. The van der Waals surface area contributed by atoms with Gasteiger partial charge in [0, 0.05) is 17.3 Å². The zero-order chi connectivity index (χ0) is 10.8. The first-order chi connectivity index (χ1) is 6.45. The molecule has 0 heterocycles. The van der Waals surface area contributed by atoms with Gasteiger partial charge in [0.1, 0.15) is 5.94 Å². The highest BCUT2D eigenvalue weighted by Crippen LogP contribution is 2.31. The van der Waals surface area contributed by atoms with Gasteiger partial charge in [-0.25, -0.2) is 4.79 Å². The van der Waals surface area contributed by atoms with E-state index >= 15 is 0 Å². The Kier molecular flexibility index (Phi) is 2.63. The van der Waals surface area contributed by atoms with Crippen molar-refractivity contribution in [2.24, 2.45) is 0 Å². The molecule has 1 aromatic carbocycles. The van der Waals surface area contributed by atoms with Crippen molar-refractivity contribution in [2.45, 2.75) is 6.18 Å². The molecule has 0 aliphatic carbocycles. The Morgan fingerprint density at radius 1 is 1.36 bits per heavy atom. The minimum atomic E-state index is -4.42. The van der Waals surface area contributed by atoms with Crippen molar-refractivity contribution in [2.75, 3.05) is 5.73 Å². The summed E-state index contributed by atoms with van der Waals surface area (Å²) in [7, 11) is 0. The van der Waals surface area contributed by atoms with Crippen LogP contribution in [-0.4, -0.2) is 5.94 Å². The number of hydrogen-bond acceptors (Lipinski definition) is 2. The van der Waals surface area contributed by atoms with Gasteiger partial charge in [-0.05, 0) is 12.1 Å². The lowest BCUT2D eigenvalue weighted by atomic mass is 10.1. The summed E-state index contributed by atoms with van der Waals surface area (Å²) in [5, 5.41) is 0. The van der Waals surface area contributed by atoms with E-state index in [4.69, 9.17) is 5.73 Å². The fourth-order valence-corrected chi connectivity index (χ4v) is 0.946. The van der Waals surface area contributed by atoms with Gasteiger partial charge in [0.25, 0.3) is 0 Å². The number of halogens is 3. The third-order valence-corrected chi connectivity index (χ3v) is 1.63. The van der Waals surface area contributed by atoms with E-state index in [-0.39, 0.29) is 11.3 Å². The SMILES string of the molecule is Nc1cc(C(F)(F)F)ccc1C=C=O. The van der Waals surface area contributed by atoms with E-state index in [0.29, 0.717) is 0 Å². The predicted octanol–water partition coefficient (Wildman–Crippen LogP) is 2.13. The molecule has 0 atom stereocenters. The molecule has 0 fully saturated rings. The summed E-state index contributed by atoms with van der Waals surface area (Å²) in [6.45, 7) is 0. The first-order valence-corrected chi connectivity index (χ1v) is 3.63. The van der Waals surface area contributed by atoms with Crippen molar-refractivity contribution >= 4 is 17.7 Å². The van der Waals surface area contributed by atoms with Gasteiger partial charge in [-0.15, -0.1) is 0 Å². The Morgan fingerprint density at radius 3 is 2.43 bits per heavy atom. The molecule has 0 aliphatic rings. The van der Waals surface area contributed by atoms with Gasteiger partial charge in [0.05, 0.1) is 5.56 Å². The molecule has 1 rings (SSSR count). The van der Waals surface area contributed by atoms with Crippen LogP contribution in [-0.2, 0) is 11.0 Å². The first-order valence-electron chi connectivity index (χ1n) is 3.63. The molecule has 0 bridgehead atoms. The number of hydrogen-bond donors (Lipinski definition) is 1. The lowest BCUT2D eigenvalue weighted by Crippen LogP contribution is -2.05. The Hall–Kier alpha value is -1.74. The zero-order valence-electron chi connectivity index (χ0n) is 6.93. The summed E-state index contributed by atoms with van der Waals surface area (Å²) in [5.41, 5.74) is 4.59. The molecule has 0 saturated carbocycles. The van der Waals surface area contributed by atoms with Crippen LogP contribution in [0.5, 0.6) is 0 Å². The van der Waals surface area contributed by atoms with Gasteiger partial charge < -0.3 is 5.73 Å². The van der Waals surface area contributed by atoms with Crippen LogP contribution in [0.4, 0.5) is 18.9 Å². The van der Waals surface area contributed by atoms with Crippen LogP contribution in [0.25, 0.3) is 6.08 Å². The largest absolute Gasteiger partial charge is 0.416 e. The maximum atomic E-state index is 12.1. The highest BCUT2D eigenvalue weighted by atomic mass is 19.4. The molecule has 2 nitrogen and oxygen atoms in total. The summed E-state index contributed by atoms with van der Waals surface area (Å²) in [6.07, 6.45) is -3.44. The first kappa shape index (κ1) is 10.3. The molecule has 5 heteroatoms. The van der Waals surface area contributed by atoms with Crippen molar-refractivity contribution in [3.63, 3.8) is 0 Å². The Balaban J connectivity index is 3.19. The predicted molar refractivity (Wildman–Crippen MR) is 46.0 cm³/mol. The number of rotatable bonds is 1. The van der Waals surface area contributed by atoms with Crippen LogP contribution in [0.3, 0.4) is 0 Å². The molecule has 74 valence electrons. The van der Waals surface area contributed by atoms with E-state index in [2.05, 4.69) is 0 Å². The summed E-state index contributed by atoms with van der Waals surface area (Å²) in [4.78, 5) is 9.95. The lowest BCUT2D eigenvalue weighted by Gasteiger charge is -2.08. The van der Waals surface area contributed by atoms with Crippen molar-refractivity contribution in [3.8, 4) is 0 Å². The van der Waals surface area contributed by atoms with Crippen LogP contribution in [0.15, 0.2) is 18.2 Å². The second-order valence-electron chi connectivity index (χ2n) is 2.60. The maximum absolute atomic E-state index is 12.1. The van der Waals surface area contributed by atoms with E-state index in [1.807, 2.05) is 0 Å². The van der Waals surface area contributed by atoms with E-state index in [9.17, 15) is 18.0 Å². The molecule has 2 N–H and O–H groups in total. The van der Waals surface area contributed by atoms with Gasteiger partial charge >= 0.3 is 6.18 Å².